The Hall–Kier alpha value is -3.65. The lowest BCUT2D eigenvalue weighted by atomic mass is 10.1. The minimum absolute atomic E-state index is 0.0369. The highest BCUT2D eigenvalue weighted by Crippen LogP contribution is 2.46. The number of ether oxygens (including phenoxy) is 1. The first-order chi connectivity index (χ1) is 21.5. The monoisotopic (exact) mass is 642 g/mol. The number of nitrogens with zero attached hydrogens (tertiary/aromatic N) is 3. The number of aromatic nitrogens is 2. The lowest BCUT2D eigenvalue weighted by molar-refractivity contribution is -0.140. The van der Waals surface area contributed by atoms with Crippen LogP contribution in [-0.2, 0) is 30.8 Å². The molecule has 6 rings (SSSR count). The summed E-state index contributed by atoms with van der Waals surface area (Å²) < 4.78 is 47.7. The topological polar surface area (TPSA) is 174 Å². The zero-order valence-electron chi connectivity index (χ0n) is 25.2. The fraction of sp³-hybridized carbons (Fsp3) is 0.581. The largest absolute Gasteiger partial charge is 0.471 e. The molecule has 1 saturated heterocycles. The second-order valence-electron chi connectivity index (χ2n) is 12.6. The number of carbonyl (C=O) groups excluding carboxylic acids is 3. The van der Waals surface area contributed by atoms with Crippen molar-refractivity contribution in [2.24, 2.45) is 11.7 Å². The van der Waals surface area contributed by atoms with E-state index in [1.165, 1.54) is 17.0 Å². The van der Waals surface area contributed by atoms with Crippen LogP contribution in [0.1, 0.15) is 70.4 Å². The maximum absolute atomic E-state index is 14.0. The van der Waals surface area contributed by atoms with Crippen LogP contribution in [0.3, 0.4) is 0 Å². The number of aryl methyl sites for hydroxylation is 1. The summed E-state index contributed by atoms with van der Waals surface area (Å²) in [5.41, 5.74) is 6.25. The zero-order valence-corrected chi connectivity index (χ0v) is 26.0. The fourth-order valence-corrected chi connectivity index (χ4v) is 7.64. The first-order valence-electron chi connectivity index (χ1n) is 15.7. The highest BCUT2D eigenvalue weighted by Gasteiger charge is 2.62. The Morgan fingerprint density at radius 3 is 2.73 bits per heavy atom. The van der Waals surface area contributed by atoms with Gasteiger partial charge in [-0.2, -0.15) is 0 Å². The van der Waals surface area contributed by atoms with Crippen LogP contribution in [0.5, 0.6) is 5.88 Å². The molecule has 3 amide bonds. The minimum Gasteiger partial charge on any atom is -0.471 e. The second-order valence-corrected chi connectivity index (χ2v) is 14.5. The van der Waals surface area contributed by atoms with Crippen molar-refractivity contribution >= 4 is 38.8 Å². The average Bonchev–Trinajstić information content (AvgIpc) is 3.92. The molecule has 4 aliphatic rings. The van der Waals surface area contributed by atoms with Gasteiger partial charge in [-0.05, 0) is 57.1 Å². The first kappa shape index (κ1) is 31.3. The van der Waals surface area contributed by atoms with Crippen LogP contribution in [0.2, 0.25) is 0 Å². The van der Waals surface area contributed by atoms with E-state index in [2.05, 4.69) is 20.0 Å². The lowest BCUT2D eigenvalue weighted by Crippen LogP contribution is -2.57. The number of hydrogen-bond donors (Lipinski definition) is 3. The Morgan fingerprint density at radius 2 is 1.98 bits per heavy atom. The molecule has 0 bridgehead atoms. The molecule has 0 unspecified atom stereocenters. The maximum atomic E-state index is 14.0. The fourth-order valence-electron chi connectivity index (χ4n) is 6.27. The van der Waals surface area contributed by atoms with Crippen molar-refractivity contribution < 1.29 is 31.9 Å². The lowest BCUT2D eigenvalue weighted by Gasteiger charge is -2.28. The molecular weight excluding hydrogens is 603 g/mol. The summed E-state index contributed by atoms with van der Waals surface area (Å²) in [7, 11) is -3.84. The van der Waals surface area contributed by atoms with Gasteiger partial charge in [0.05, 0.1) is 28.9 Å². The summed E-state index contributed by atoms with van der Waals surface area (Å²) in [4.78, 5) is 51.5. The Bertz CT molecular complexity index is 1650. The van der Waals surface area contributed by atoms with Crippen molar-refractivity contribution in [3.8, 4) is 5.88 Å². The van der Waals surface area contributed by atoms with E-state index in [4.69, 9.17) is 10.5 Å². The number of fused-ring (bicyclic) bond motifs is 3. The average molecular weight is 643 g/mol. The van der Waals surface area contributed by atoms with Gasteiger partial charge in [-0.1, -0.05) is 31.9 Å². The molecule has 0 radical (unpaired) electrons. The van der Waals surface area contributed by atoms with E-state index in [1.807, 2.05) is 19.1 Å². The van der Waals surface area contributed by atoms with Crippen molar-refractivity contribution in [2.75, 3.05) is 6.54 Å². The number of sulfonamides is 1. The van der Waals surface area contributed by atoms with Gasteiger partial charge < -0.3 is 20.7 Å². The molecule has 2 aromatic rings. The number of nitrogens with two attached hydrogens (primary N) is 1. The van der Waals surface area contributed by atoms with Crippen LogP contribution in [0, 0.1) is 11.7 Å². The molecule has 0 spiro atoms. The van der Waals surface area contributed by atoms with E-state index >= 15 is 0 Å². The Labute approximate surface area is 261 Å². The molecule has 2 aliphatic carbocycles. The molecular formula is C31H39FN6O6S. The van der Waals surface area contributed by atoms with Crippen LogP contribution >= 0.6 is 0 Å². The van der Waals surface area contributed by atoms with E-state index in [0.717, 1.165) is 25.7 Å². The van der Waals surface area contributed by atoms with Crippen LogP contribution in [0.4, 0.5) is 4.39 Å². The predicted octanol–water partition coefficient (Wildman–Crippen LogP) is 2.01. The third-order valence-corrected chi connectivity index (χ3v) is 11.0. The molecule has 5 atom stereocenters. The summed E-state index contributed by atoms with van der Waals surface area (Å²) in [6.45, 7) is 1.92. The van der Waals surface area contributed by atoms with Crippen molar-refractivity contribution in [1.82, 2.24) is 24.9 Å². The summed E-state index contributed by atoms with van der Waals surface area (Å²) in [5.74, 6) is -2.43. The van der Waals surface area contributed by atoms with Crippen molar-refractivity contribution in [3.05, 3.63) is 41.9 Å². The molecule has 4 N–H and O–H groups in total. The quantitative estimate of drug-likeness (QED) is 0.399. The third-order valence-electron chi connectivity index (χ3n) is 9.16. The van der Waals surface area contributed by atoms with E-state index in [-0.39, 0.29) is 31.2 Å². The number of benzene rings is 1. The molecule has 3 heterocycles. The molecule has 14 heteroatoms. The summed E-state index contributed by atoms with van der Waals surface area (Å²) >= 11 is 0. The predicted molar refractivity (Wildman–Crippen MR) is 163 cm³/mol. The molecule has 242 valence electrons. The van der Waals surface area contributed by atoms with E-state index in [9.17, 15) is 27.2 Å². The molecule has 1 aromatic carbocycles. The molecule has 3 fully saturated rings. The third kappa shape index (κ3) is 6.53. The molecule has 45 heavy (non-hydrogen) atoms. The maximum Gasteiger partial charge on any atom is 0.259 e. The van der Waals surface area contributed by atoms with Gasteiger partial charge in [-0.25, -0.2) is 22.8 Å². The van der Waals surface area contributed by atoms with Crippen LogP contribution in [-0.4, -0.2) is 76.5 Å². The number of hydrogen-bond acceptors (Lipinski definition) is 9. The van der Waals surface area contributed by atoms with Crippen molar-refractivity contribution in [3.63, 3.8) is 0 Å². The van der Waals surface area contributed by atoms with Crippen LogP contribution < -0.4 is 20.5 Å². The Kier molecular flexibility index (Phi) is 8.55. The van der Waals surface area contributed by atoms with E-state index in [0.29, 0.717) is 42.4 Å². The highest BCUT2D eigenvalue weighted by atomic mass is 32.2. The first-order valence-corrected chi connectivity index (χ1v) is 17.3. The summed E-state index contributed by atoms with van der Waals surface area (Å²) in [6.07, 6.45) is 8.60. The number of amides is 3. The SMILES string of the molecule is CCc1nc2ccc(F)cc2nc1O[C@@H]1C[C@H]2C(=O)N[C@]3(C(=O)NS(=O)(=O)C4CC4)C[C@H]3C=CCCCCC[C@H](N)C(=O)N2C1. The Balaban J connectivity index is 1.28. The van der Waals surface area contributed by atoms with Crippen LogP contribution in [0.25, 0.3) is 11.0 Å². The van der Waals surface area contributed by atoms with Crippen LogP contribution in [0.15, 0.2) is 30.4 Å². The number of allylic oxidation sites excluding steroid dienone is 1. The van der Waals surface area contributed by atoms with Gasteiger partial charge in [0.15, 0.2) is 0 Å². The second kappa shape index (κ2) is 12.3. The minimum atomic E-state index is -3.84. The number of nitrogens with one attached hydrogen (secondary N) is 2. The Morgan fingerprint density at radius 1 is 1.18 bits per heavy atom. The van der Waals surface area contributed by atoms with Gasteiger partial charge in [0.2, 0.25) is 27.7 Å². The van der Waals surface area contributed by atoms with Gasteiger partial charge in [0, 0.05) is 18.4 Å². The van der Waals surface area contributed by atoms with Crippen molar-refractivity contribution in [1.29, 1.82) is 0 Å². The zero-order chi connectivity index (χ0) is 31.9. The standard InChI is InChI=1S/C31H39FN6O6S/c1-2-23-28(35-25-14-19(32)10-13-24(25)34-23)44-20-15-26-27(39)36-31(30(41)37-45(42,43)21-11-12-21)16-18(31)8-6-4-3-5-7-9-22(33)29(40)38(26)17-20/h6,8,10,13-14,18,20-22,26H,2-5,7,9,11-12,15-17,33H2,1H3,(H,36,39)(H,37,41)/t18-,20-,22+,26+,31-/m1/s1. The summed E-state index contributed by atoms with van der Waals surface area (Å²) in [6, 6.07) is 2.26. The van der Waals surface area contributed by atoms with Gasteiger partial charge in [-0.3, -0.25) is 19.1 Å². The van der Waals surface area contributed by atoms with Crippen molar-refractivity contribution in [2.45, 2.75) is 100 Å². The highest BCUT2D eigenvalue weighted by molar-refractivity contribution is 7.91. The van der Waals surface area contributed by atoms with E-state index < -0.39 is 62.5 Å². The summed E-state index contributed by atoms with van der Waals surface area (Å²) in [5, 5.41) is 2.23. The van der Waals surface area contributed by atoms with Gasteiger partial charge >= 0.3 is 0 Å². The molecule has 12 nitrogen and oxygen atoms in total. The normalized spacial score (nSPS) is 29.3. The molecule has 1 aromatic heterocycles. The van der Waals surface area contributed by atoms with E-state index in [1.54, 1.807) is 6.07 Å². The van der Waals surface area contributed by atoms with Gasteiger partial charge in [-0.15, -0.1) is 0 Å². The molecule has 2 aliphatic heterocycles. The van der Waals surface area contributed by atoms with Gasteiger partial charge in [0.1, 0.15) is 29.2 Å². The number of rotatable bonds is 6. The number of halogens is 1. The number of carbonyl (C=O) groups is 3. The smallest absolute Gasteiger partial charge is 0.259 e. The molecule has 2 saturated carbocycles. The van der Waals surface area contributed by atoms with Gasteiger partial charge in [0.25, 0.3) is 5.91 Å².